The summed E-state index contributed by atoms with van der Waals surface area (Å²) in [5.74, 6) is 0. The number of nitrogens with zero attached hydrogens (tertiary/aromatic N) is 2. The molecule has 0 fully saturated rings. The van der Waals surface area contributed by atoms with Gasteiger partial charge in [0.15, 0.2) is 0 Å². The standard InChI is InChI=1S/C13H15ClN2/c1-2-5-11(14)8-13-12-7-4-3-6-10(12)9-15-16-13/h3-4,6-7,9,11H,2,5,8H2,1H3. The molecule has 1 aromatic carbocycles. The number of aromatic nitrogens is 2. The van der Waals surface area contributed by atoms with Crippen molar-refractivity contribution >= 4 is 22.4 Å². The highest BCUT2D eigenvalue weighted by molar-refractivity contribution is 6.20. The van der Waals surface area contributed by atoms with Crippen LogP contribution in [0.5, 0.6) is 0 Å². The number of halogens is 1. The van der Waals surface area contributed by atoms with Crippen LogP contribution < -0.4 is 0 Å². The molecule has 2 rings (SSSR count). The molecule has 0 spiro atoms. The third-order valence-electron chi connectivity index (χ3n) is 2.66. The van der Waals surface area contributed by atoms with Crippen LogP contribution in [0.2, 0.25) is 0 Å². The molecule has 0 aliphatic carbocycles. The maximum Gasteiger partial charge on any atom is 0.0723 e. The summed E-state index contributed by atoms with van der Waals surface area (Å²) in [4.78, 5) is 0. The summed E-state index contributed by atoms with van der Waals surface area (Å²) in [6.07, 6.45) is 4.71. The van der Waals surface area contributed by atoms with Gasteiger partial charge in [-0.25, -0.2) is 0 Å². The molecule has 0 aliphatic heterocycles. The zero-order valence-corrected chi connectivity index (χ0v) is 10.1. The Bertz CT molecular complexity index is 465. The van der Waals surface area contributed by atoms with Crippen LogP contribution in [0.25, 0.3) is 10.8 Å². The van der Waals surface area contributed by atoms with Gasteiger partial charge in [-0.05, 0) is 6.42 Å². The SMILES string of the molecule is CCCC(Cl)Cc1nncc2ccccc12. The van der Waals surface area contributed by atoms with Gasteiger partial charge in [-0.2, -0.15) is 10.2 Å². The second kappa shape index (κ2) is 5.26. The van der Waals surface area contributed by atoms with Crippen LogP contribution in [0.1, 0.15) is 25.5 Å². The van der Waals surface area contributed by atoms with Crippen molar-refractivity contribution in [2.24, 2.45) is 0 Å². The van der Waals surface area contributed by atoms with E-state index in [-0.39, 0.29) is 5.38 Å². The van der Waals surface area contributed by atoms with E-state index in [1.807, 2.05) is 12.1 Å². The van der Waals surface area contributed by atoms with Crippen LogP contribution in [-0.2, 0) is 6.42 Å². The van der Waals surface area contributed by atoms with Crippen molar-refractivity contribution in [3.8, 4) is 0 Å². The highest BCUT2D eigenvalue weighted by atomic mass is 35.5. The molecule has 1 atom stereocenters. The zero-order valence-electron chi connectivity index (χ0n) is 9.36. The number of alkyl halides is 1. The molecule has 0 aliphatic rings. The Morgan fingerprint density at radius 3 is 2.94 bits per heavy atom. The van der Waals surface area contributed by atoms with Gasteiger partial charge in [-0.3, -0.25) is 0 Å². The van der Waals surface area contributed by atoms with Gasteiger partial charge in [-0.15, -0.1) is 11.6 Å². The van der Waals surface area contributed by atoms with E-state index in [4.69, 9.17) is 11.6 Å². The molecule has 0 amide bonds. The molecular formula is C13H15ClN2. The van der Waals surface area contributed by atoms with Gasteiger partial charge in [0.1, 0.15) is 0 Å². The summed E-state index contributed by atoms with van der Waals surface area (Å²) in [7, 11) is 0. The highest BCUT2D eigenvalue weighted by Crippen LogP contribution is 2.19. The van der Waals surface area contributed by atoms with E-state index < -0.39 is 0 Å². The van der Waals surface area contributed by atoms with E-state index in [1.165, 1.54) is 5.39 Å². The summed E-state index contributed by atoms with van der Waals surface area (Å²) in [5, 5.41) is 10.7. The predicted octanol–water partition coefficient (Wildman–Crippen LogP) is 3.58. The molecule has 2 aromatic rings. The summed E-state index contributed by atoms with van der Waals surface area (Å²) in [6.45, 7) is 2.14. The lowest BCUT2D eigenvalue weighted by molar-refractivity contribution is 0.712. The third-order valence-corrected chi connectivity index (χ3v) is 3.04. The van der Waals surface area contributed by atoms with Crippen LogP contribution in [0.15, 0.2) is 30.5 Å². The summed E-state index contributed by atoms with van der Waals surface area (Å²) in [5.41, 5.74) is 1.01. The molecule has 0 N–H and O–H groups in total. The molecule has 0 saturated carbocycles. The van der Waals surface area contributed by atoms with Crippen molar-refractivity contribution in [3.63, 3.8) is 0 Å². The van der Waals surface area contributed by atoms with E-state index >= 15 is 0 Å². The largest absolute Gasteiger partial charge is 0.158 e. The molecule has 3 heteroatoms. The zero-order chi connectivity index (χ0) is 11.4. The molecule has 0 saturated heterocycles. The molecule has 16 heavy (non-hydrogen) atoms. The van der Waals surface area contributed by atoms with Crippen LogP contribution in [-0.4, -0.2) is 15.6 Å². The molecule has 1 aromatic heterocycles. The van der Waals surface area contributed by atoms with E-state index in [0.717, 1.165) is 30.3 Å². The lowest BCUT2D eigenvalue weighted by Gasteiger charge is -2.08. The Hall–Kier alpha value is -1.15. The van der Waals surface area contributed by atoms with E-state index in [2.05, 4.69) is 29.3 Å². The average molecular weight is 235 g/mol. The minimum Gasteiger partial charge on any atom is -0.158 e. The number of fused-ring (bicyclic) bond motifs is 1. The minimum atomic E-state index is 0.158. The van der Waals surface area contributed by atoms with Crippen LogP contribution in [0.3, 0.4) is 0 Å². The maximum atomic E-state index is 6.25. The third kappa shape index (κ3) is 2.50. The lowest BCUT2D eigenvalue weighted by atomic mass is 10.1. The fourth-order valence-corrected chi connectivity index (χ4v) is 2.23. The summed E-state index contributed by atoms with van der Waals surface area (Å²) >= 11 is 6.25. The van der Waals surface area contributed by atoms with Crippen molar-refractivity contribution in [1.82, 2.24) is 10.2 Å². The molecule has 2 nitrogen and oxygen atoms in total. The Morgan fingerprint density at radius 2 is 2.12 bits per heavy atom. The van der Waals surface area contributed by atoms with Crippen molar-refractivity contribution < 1.29 is 0 Å². The van der Waals surface area contributed by atoms with Crippen LogP contribution in [0.4, 0.5) is 0 Å². The van der Waals surface area contributed by atoms with Crippen molar-refractivity contribution in [3.05, 3.63) is 36.2 Å². The number of benzene rings is 1. The Morgan fingerprint density at radius 1 is 1.31 bits per heavy atom. The fraction of sp³-hybridized carbons (Fsp3) is 0.385. The van der Waals surface area contributed by atoms with Gasteiger partial charge >= 0.3 is 0 Å². The lowest BCUT2D eigenvalue weighted by Crippen LogP contribution is -2.05. The van der Waals surface area contributed by atoms with E-state index in [9.17, 15) is 0 Å². The van der Waals surface area contributed by atoms with Crippen LogP contribution in [0, 0.1) is 0 Å². The van der Waals surface area contributed by atoms with E-state index in [0.29, 0.717) is 0 Å². The first-order valence-corrected chi connectivity index (χ1v) is 6.08. The maximum absolute atomic E-state index is 6.25. The second-order valence-electron chi connectivity index (χ2n) is 3.97. The fourth-order valence-electron chi connectivity index (χ4n) is 1.86. The van der Waals surface area contributed by atoms with Gasteiger partial charge in [0.2, 0.25) is 0 Å². The quantitative estimate of drug-likeness (QED) is 0.756. The predicted molar refractivity (Wildman–Crippen MR) is 67.8 cm³/mol. The van der Waals surface area contributed by atoms with Gasteiger partial charge in [0.05, 0.1) is 11.9 Å². The van der Waals surface area contributed by atoms with Crippen LogP contribution >= 0.6 is 11.6 Å². The number of hydrogen-bond donors (Lipinski definition) is 0. The van der Waals surface area contributed by atoms with Gasteiger partial charge in [0.25, 0.3) is 0 Å². The molecule has 84 valence electrons. The molecular weight excluding hydrogens is 220 g/mol. The first-order chi connectivity index (χ1) is 7.81. The molecule has 1 unspecified atom stereocenters. The normalized spacial score (nSPS) is 12.9. The second-order valence-corrected chi connectivity index (χ2v) is 4.59. The minimum absolute atomic E-state index is 0.158. The summed E-state index contributed by atoms with van der Waals surface area (Å²) in [6, 6.07) is 8.17. The van der Waals surface area contributed by atoms with Crippen molar-refractivity contribution in [1.29, 1.82) is 0 Å². The van der Waals surface area contributed by atoms with E-state index in [1.54, 1.807) is 6.20 Å². The molecule has 0 radical (unpaired) electrons. The number of rotatable bonds is 4. The molecule has 1 heterocycles. The van der Waals surface area contributed by atoms with Gasteiger partial charge in [0, 0.05) is 22.6 Å². The monoisotopic (exact) mass is 234 g/mol. The Balaban J connectivity index is 2.30. The van der Waals surface area contributed by atoms with Gasteiger partial charge < -0.3 is 0 Å². The van der Waals surface area contributed by atoms with Gasteiger partial charge in [-0.1, -0.05) is 37.6 Å². The first-order valence-electron chi connectivity index (χ1n) is 5.64. The van der Waals surface area contributed by atoms with Crippen molar-refractivity contribution in [2.45, 2.75) is 31.6 Å². The number of hydrogen-bond acceptors (Lipinski definition) is 2. The molecule has 0 bridgehead atoms. The Kier molecular flexibility index (Phi) is 3.73. The highest BCUT2D eigenvalue weighted by Gasteiger charge is 2.09. The van der Waals surface area contributed by atoms with Crippen molar-refractivity contribution in [2.75, 3.05) is 0 Å². The smallest absolute Gasteiger partial charge is 0.0723 e. The first kappa shape index (κ1) is 11.3. The Labute approximate surface area is 101 Å². The average Bonchev–Trinajstić information content (AvgIpc) is 2.30. The summed E-state index contributed by atoms with van der Waals surface area (Å²) < 4.78 is 0. The topological polar surface area (TPSA) is 25.8 Å².